The highest BCUT2D eigenvalue weighted by atomic mass is 16.5. The highest BCUT2D eigenvalue weighted by Gasteiger charge is 2.19. The van der Waals surface area contributed by atoms with Crippen molar-refractivity contribution in [3.05, 3.63) is 65.5 Å². The lowest BCUT2D eigenvalue weighted by atomic mass is 10.1. The smallest absolute Gasteiger partial charge is 0.246 e. The number of hydrogen-bond acceptors (Lipinski definition) is 5. The van der Waals surface area contributed by atoms with Gasteiger partial charge in [-0.1, -0.05) is 30.7 Å². The van der Waals surface area contributed by atoms with Crippen molar-refractivity contribution in [3.63, 3.8) is 0 Å². The van der Waals surface area contributed by atoms with Gasteiger partial charge in [-0.3, -0.25) is 9.59 Å². The van der Waals surface area contributed by atoms with Gasteiger partial charge in [0.2, 0.25) is 11.8 Å². The first-order valence-corrected chi connectivity index (χ1v) is 11.9. The van der Waals surface area contributed by atoms with Gasteiger partial charge >= 0.3 is 0 Å². The third-order valence-electron chi connectivity index (χ3n) is 6.16. The molecular weight excluding hydrogens is 442 g/mol. The number of aromatic nitrogens is 3. The van der Waals surface area contributed by atoms with Crippen LogP contribution in [0.5, 0.6) is 5.75 Å². The van der Waals surface area contributed by atoms with Crippen LogP contribution in [0.4, 0.5) is 5.69 Å². The Kier molecular flexibility index (Phi) is 7.60. The fourth-order valence-electron chi connectivity index (χ4n) is 4.05. The van der Waals surface area contributed by atoms with Crippen molar-refractivity contribution in [1.82, 2.24) is 20.1 Å². The number of aryl methyl sites for hydroxylation is 2. The zero-order valence-electron chi connectivity index (χ0n) is 20.4. The highest BCUT2D eigenvalue weighted by molar-refractivity contribution is 6.00. The minimum atomic E-state index is -0.713. The van der Waals surface area contributed by atoms with Crippen LogP contribution < -0.4 is 15.4 Å². The Morgan fingerprint density at radius 1 is 1.09 bits per heavy atom. The zero-order valence-corrected chi connectivity index (χ0v) is 20.4. The Morgan fingerprint density at radius 3 is 2.66 bits per heavy atom. The van der Waals surface area contributed by atoms with E-state index in [-0.39, 0.29) is 11.8 Å². The molecule has 2 heterocycles. The number of nitrogens with zero attached hydrogens (tertiary/aromatic N) is 3. The zero-order chi connectivity index (χ0) is 24.8. The number of ether oxygens (including phenoxy) is 1. The molecule has 8 nitrogen and oxygen atoms in total. The second-order valence-electron chi connectivity index (χ2n) is 8.76. The predicted molar refractivity (Wildman–Crippen MR) is 136 cm³/mol. The van der Waals surface area contributed by atoms with Gasteiger partial charge in [-0.2, -0.15) is 0 Å². The van der Waals surface area contributed by atoms with Crippen molar-refractivity contribution in [2.24, 2.45) is 0 Å². The van der Waals surface area contributed by atoms with E-state index in [4.69, 9.17) is 4.74 Å². The molecule has 1 atom stereocenters. The quantitative estimate of drug-likeness (QED) is 0.503. The van der Waals surface area contributed by atoms with Gasteiger partial charge in [0.25, 0.3) is 0 Å². The predicted octanol–water partition coefficient (Wildman–Crippen LogP) is 4.15. The highest BCUT2D eigenvalue weighted by Crippen LogP contribution is 2.27. The Morgan fingerprint density at radius 2 is 1.89 bits per heavy atom. The third kappa shape index (κ3) is 5.95. The SMILES string of the molecule is COc1ccc(/C=C/C(=O)NC(C)C(=O)Nc2cc(-c3nnc4n3CCCCC4)ccc2C)cc1. The molecule has 3 aromatic rings. The lowest BCUT2D eigenvalue weighted by molar-refractivity contribution is -0.123. The average Bonchev–Trinajstić information content (AvgIpc) is 3.12. The molecule has 0 saturated heterocycles. The maximum atomic E-state index is 12.8. The van der Waals surface area contributed by atoms with Gasteiger partial charge < -0.3 is 19.9 Å². The number of methoxy groups -OCH3 is 1. The maximum absolute atomic E-state index is 12.8. The summed E-state index contributed by atoms with van der Waals surface area (Å²) in [7, 11) is 1.60. The van der Waals surface area contributed by atoms with Crippen LogP contribution >= 0.6 is 0 Å². The Balaban J connectivity index is 1.40. The number of carbonyl (C=O) groups is 2. The van der Waals surface area contributed by atoms with Crippen molar-refractivity contribution in [1.29, 1.82) is 0 Å². The van der Waals surface area contributed by atoms with E-state index in [0.29, 0.717) is 5.69 Å². The van der Waals surface area contributed by atoms with Crippen molar-refractivity contribution < 1.29 is 14.3 Å². The van der Waals surface area contributed by atoms with Crippen LogP contribution in [0.25, 0.3) is 17.5 Å². The lowest BCUT2D eigenvalue weighted by Gasteiger charge is -2.15. The molecule has 0 bridgehead atoms. The molecule has 1 aliphatic heterocycles. The summed E-state index contributed by atoms with van der Waals surface area (Å²) >= 11 is 0. The van der Waals surface area contributed by atoms with Crippen LogP contribution in [-0.4, -0.2) is 39.7 Å². The van der Waals surface area contributed by atoms with Crippen LogP contribution in [0.15, 0.2) is 48.5 Å². The van der Waals surface area contributed by atoms with Crippen molar-refractivity contribution >= 4 is 23.6 Å². The van der Waals surface area contributed by atoms with Gasteiger partial charge in [0, 0.05) is 30.3 Å². The summed E-state index contributed by atoms with van der Waals surface area (Å²) in [6, 6.07) is 12.5. The fourth-order valence-corrected chi connectivity index (χ4v) is 4.05. The van der Waals surface area contributed by atoms with E-state index < -0.39 is 6.04 Å². The maximum Gasteiger partial charge on any atom is 0.246 e. The first-order valence-electron chi connectivity index (χ1n) is 11.9. The number of nitrogens with one attached hydrogen (secondary N) is 2. The minimum absolute atomic E-state index is 0.295. The monoisotopic (exact) mass is 473 g/mol. The number of carbonyl (C=O) groups excluding carboxylic acids is 2. The van der Waals surface area contributed by atoms with E-state index in [1.54, 1.807) is 20.1 Å². The number of rotatable bonds is 7. The van der Waals surface area contributed by atoms with Crippen LogP contribution in [0.2, 0.25) is 0 Å². The molecule has 35 heavy (non-hydrogen) atoms. The second kappa shape index (κ2) is 11.0. The summed E-state index contributed by atoms with van der Waals surface area (Å²) < 4.78 is 7.31. The standard InChI is InChI=1S/C27H31N5O3/c1-18-8-12-21(26-31-30-24-7-5-4-6-16-32(24)26)17-23(18)29-27(34)19(2)28-25(33)15-11-20-9-13-22(35-3)14-10-20/h8-15,17,19H,4-7,16H2,1-3H3,(H,28,33)(H,29,34)/b15-11+. The van der Waals surface area contributed by atoms with Gasteiger partial charge in [0.1, 0.15) is 17.6 Å². The van der Waals surface area contributed by atoms with Gasteiger partial charge in [-0.15, -0.1) is 10.2 Å². The summed E-state index contributed by atoms with van der Waals surface area (Å²) in [5, 5.41) is 14.5. The van der Waals surface area contributed by atoms with E-state index in [1.165, 1.54) is 12.5 Å². The molecule has 0 saturated carbocycles. The first-order chi connectivity index (χ1) is 16.9. The average molecular weight is 474 g/mol. The molecule has 0 radical (unpaired) electrons. The summed E-state index contributed by atoms with van der Waals surface area (Å²) in [5.74, 6) is 1.94. The van der Waals surface area contributed by atoms with Crippen molar-refractivity contribution in [3.8, 4) is 17.1 Å². The molecule has 2 aromatic carbocycles. The van der Waals surface area contributed by atoms with E-state index in [2.05, 4.69) is 25.4 Å². The largest absolute Gasteiger partial charge is 0.497 e. The topological polar surface area (TPSA) is 98.1 Å². The van der Waals surface area contributed by atoms with Crippen LogP contribution in [0.1, 0.15) is 43.1 Å². The summed E-state index contributed by atoms with van der Waals surface area (Å²) in [6.45, 7) is 4.50. The first kappa shape index (κ1) is 24.2. The van der Waals surface area contributed by atoms with Crippen LogP contribution in [0.3, 0.4) is 0 Å². The number of amides is 2. The molecular formula is C27H31N5O3. The van der Waals surface area contributed by atoms with E-state index in [1.807, 2.05) is 49.4 Å². The number of benzene rings is 2. The molecule has 1 unspecified atom stereocenters. The van der Waals surface area contributed by atoms with E-state index >= 15 is 0 Å². The van der Waals surface area contributed by atoms with Crippen molar-refractivity contribution in [2.75, 3.05) is 12.4 Å². The second-order valence-corrected chi connectivity index (χ2v) is 8.76. The molecule has 0 aliphatic carbocycles. The Hall–Kier alpha value is -3.94. The minimum Gasteiger partial charge on any atom is -0.497 e. The fraction of sp³-hybridized carbons (Fsp3) is 0.333. The molecule has 4 rings (SSSR count). The van der Waals surface area contributed by atoms with E-state index in [0.717, 1.165) is 59.9 Å². The Labute approximate surface area is 205 Å². The Bertz CT molecular complexity index is 1230. The summed E-state index contributed by atoms with van der Waals surface area (Å²) in [5.41, 5.74) is 3.38. The molecule has 8 heteroatoms. The van der Waals surface area contributed by atoms with Gasteiger partial charge in [0.05, 0.1) is 7.11 Å². The molecule has 0 spiro atoms. The molecule has 0 fully saturated rings. The molecule has 182 valence electrons. The van der Waals surface area contributed by atoms with Crippen LogP contribution in [-0.2, 0) is 22.6 Å². The summed E-state index contributed by atoms with van der Waals surface area (Å²) in [6.07, 6.45) is 7.47. The molecule has 1 aliphatic rings. The summed E-state index contributed by atoms with van der Waals surface area (Å²) in [4.78, 5) is 25.2. The number of fused-ring (bicyclic) bond motifs is 1. The molecule has 2 amide bonds. The third-order valence-corrected chi connectivity index (χ3v) is 6.16. The normalized spacial score (nSPS) is 14.1. The number of anilines is 1. The van der Waals surface area contributed by atoms with Crippen LogP contribution in [0, 0.1) is 6.92 Å². The van der Waals surface area contributed by atoms with E-state index in [9.17, 15) is 9.59 Å². The van der Waals surface area contributed by atoms with Crippen molar-refractivity contribution in [2.45, 2.75) is 52.1 Å². The van der Waals surface area contributed by atoms with Gasteiger partial charge in [-0.25, -0.2) is 0 Å². The number of hydrogen-bond donors (Lipinski definition) is 2. The molecule has 1 aromatic heterocycles. The molecule has 2 N–H and O–H groups in total. The van der Waals surface area contributed by atoms with Gasteiger partial charge in [-0.05, 0) is 62.1 Å². The van der Waals surface area contributed by atoms with Gasteiger partial charge in [0.15, 0.2) is 5.82 Å². The lowest BCUT2D eigenvalue weighted by Crippen LogP contribution is -2.41.